The third-order valence-corrected chi connectivity index (χ3v) is 6.72. The van der Waals surface area contributed by atoms with E-state index in [1.54, 1.807) is 10.8 Å². The highest BCUT2D eigenvalue weighted by atomic mass is 35.5. The zero-order valence-corrected chi connectivity index (χ0v) is 17.5. The van der Waals surface area contributed by atoms with E-state index < -0.39 is 16.1 Å². The van der Waals surface area contributed by atoms with Crippen LogP contribution in [-0.2, 0) is 16.6 Å². The summed E-state index contributed by atoms with van der Waals surface area (Å²) in [4.78, 5) is 11.2. The summed E-state index contributed by atoms with van der Waals surface area (Å²) in [5.74, 6) is 0.169. The Morgan fingerprint density at radius 3 is 2.69 bits per heavy atom. The van der Waals surface area contributed by atoms with Gasteiger partial charge in [0.1, 0.15) is 10.6 Å². The molecule has 0 aliphatic heterocycles. The number of aliphatic hydroxyl groups is 1. The van der Waals surface area contributed by atoms with E-state index in [2.05, 4.69) is 0 Å². The fourth-order valence-corrected chi connectivity index (χ4v) is 4.84. The van der Waals surface area contributed by atoms with E-state index >= 15 is 0 Å². The number of halogens is 1. The number of carbonyl (C=O) groups is 1. The summed E-state index contributed by atoms with van der Waals surface area (Å²) in [6.45, 7) is -0.0260. The minimum absolute atomic E-state index is 0.0724. The molecule has 0 spiro atoms. The lowest BCUT2D eigenvalue weighted by atomic mass is 10.2. The highest BCUT2D eigenvalue weighted by Crippen LogP contribution is 2.29. The Morgan fingerprint density at radius 2 is 2.00 bits per heavy atom. The molecule has 29 heavy (non-hydrogen) atoms. The summed E-state index contributed by atoms with van der Waals surface area (Å²) in [5, 5.41) is 11.6. The number of aromatic nitrogens is 1. The molecule has 7 nitrogen and oxygen atoms in total. The zero-order valence-electron chi connectivity index (χ0n) is 15.9. The van der Waals surface area contributed by atoms with Crippen molar-refractivity contribution in [2.24, 2.45) is 0 Å². The Bertz CT molecular complexity index is 1140. The Morgan fingerprint density at radius 1 is 1.28 bits per heavy atom. The average Bonchev–Trinajstić information content (AvgIpc) is 3.05. The number of benzene rings is 2. The molecule has 1 heterocycles. The van der Waals surface area contributed by atoms with E-state index in [0.717, 1.165) is 21.5 Å². The van der Waals surface area contributed by atoms with E-state index in [9.17, 15) is 18.3 Å². The largest absolute Gasteiger partial charge is 0.495 e. The SMILES string of the molecule is COc1ccc(Cl)cc1S(=O)(=O)N(C)C[C@@H](O)Cn1cc(C=O)c2ccccc21. The maximum absolute atomic E-state index is 12.9. The van der Waals surface area contributed by atoms with E-state index in [1.165, 1.54) is 32.4 Å². The number of likely N-dealkylation sites (N-methyl/N-ethyl adjacent to an activating group) is 1. The molecule has 0 unspecified atom stereocenters. The Balaban J connectivity index is 1.82. The number of rotatable bonds is 8. The van der Waals surface area contributed by atoms with Crippen molar-refractivity contribution in [3.8, 4) is 5.75 Å². The molecule has 1 N–H and O–H groups in total. The molecule has 0 amide bonds. The molecule has 3 aromatic rings. The monoisotopic (exact) mass is 436 g/mol. The molecule has 1 atom stereocenters. The number of hydrogen-bond acceptors (Lipinski definition) is 5. The smallest absolute Gasteiger partial charge is 0.246 e. The van der Waals surface area contributed by atoms with Gasteiger partial charge in [-0.2, -0.15) is 4.31 Å². The maximum atomic E-state index is 12.9. The van der Waals surface area contributed by atoms with Gasteiger partial charge in [-0.15, -0.1) is 0 Å². The molecular formula is C20H21ClN2O5S. The number of aldehydes is 1. The van der Waals surface area contributed by atoms with Gasteiger partial charge in [-0.3, -0.25) is 4.79 Å². The van der Waals surface area contributed by atoms with Crippen molar-refractivity contribution in [2.45, 2.75) is 17.5 Å². The van der Waals surface area contributed by atoms with Crippen molar-refractivity contribution in [3.63, 3.8) is 0 Å². The molecule has 0 aliphatic rings. The predicted molar refractivity (Wildman–Crippen MR) is 111 cm³/mol. The van der Waals surface area contributed by atoms with Gasteiger partial charge in [-0.05, 0) is 24.3 Å². The van der Waals surface area contributed by atoms with E-state index in [0.29, 0.717) is 5.56 Å². The third kappa shape index (κ3) is 4.30. The van der Waals surface area contributed by atoms with Crippen LogP contribution < -0.4 is 4.74 Å². The van der Waals surface area contributed by atoms with Crippen molar-refractivity contribution in [1.29, 1.82) is 0 Å². The first-order valence-electron chi connectivity index (χ1n) is 8.79. The average molecular weight is 437 g/mol. The second-order valence-corrected chi connectivity index (χ2v) is 9.06. The minimum Gasteiger partial charge on any atom is -0.495 e. The molecule has 0 fully saturated rings. The first-order chi connectivity index (χ1) is 13.8. The quantitative estimate of drug-likeness (QED) is 0.548. The fraction of sp³-hybridized carbons (Fsp3) is 0.250. The van der Waals surface area contributed by atoms with Gasteiger partial charge in [-0.1, -0.05) is 29.8 Å². The Hall–Kier alpha value is -2.39. The molecule has 0 saturated heterocycles. The first-order valence-corrected chi connectivity index (χ1v) is 10.6. The van der Waals surface area contributed by atoms with Gasteiger partial charge < -0.3 is 14.4 Å². The first kappa shape index (κ1) is 21.3. The minimum atomic E-state index is -3.94. The van der Waals surface area contributed by atoms with Gasteiger partial charge in [0, 0.05) is 47.8 Å². The number of hydrogen-bond donors (Lipinski definition) is 1. The van der Waals surface area contributed by atoms with Crippen molar-refractivity contribution >= 4 is 38.8 Å². The number of nitrogens with zero attached hydrogens (tertiary/aromatic N) is 2. The Kier molecular flexibility index (Phi) is 6.28. The summed E-state index contributed by atoms with van der Waals surface area (Å²) in [7, 11) is -1.18. The van der Waals surface area contributed by atoms with Crippen molar-refractivity contribution in [1.82, 2.24) is 8.87 Å². The second-order valence-electron chi connectivity index (χ2n) is 6.61. The van der Waals surface area contributed by atoms with E-state index in [1.807, 2.05) is 24.3 Å². The number of methoxy groups -OCH3 is 1. The highest BCUT2D eigenvalue weighted by Gasteiger charge is 2.27. The molecular weight excluding hydrogens is 416 g/mol. The van der Waals surface area contributed by atoms with Crippen LogP contribution in [0.2, 0.25) is 5.02 Å². The number of carbonyl (C=O) groups excluding carboxylic acids is 1. The third-order valence-electron chi connectivity index (χ3n) is 4.64. The van der Waals surface area contributed by atoms with Gasteiger partial charge >= 0.3 is 0 Å². The van der Waals surface area contributed by atoms with Gasteiger partial charge in [0.15, 0.2) is 6.29 Å². The van der Waals surface area contributed by atoms with Crippen molar-refractivity contribution in [2.75, 3.05) is 20.7 Å². The molecule has 2 aromatic carbocycles. The lowest BCUT2D eigenvalue weighted by molar-refractivity contribution is 0.112. The number of ether oxygens (including phenoxy) is 1. The molecule has 0 radical (unpaired) electrons. The normalized spacial score (nSPS) is 13.0. The summed E-state index contributed by atoms with van der Waals surface area (Å²) in [6.07, 6.45) is 1.40. The molecule has 3 rings (SSSR count). The molecule has 154 valence electrons. The standard InChI is InChI=1S/C20H21ClN2O5S/c1-22(29(26,27)20-9-15(21)7-8-19(20)28-2)11-16(25)12-23-10-14(13-24)17-5-3-4-6-18(17)23/h3-10,13,16,25H,11-12H2,1-2H3/t16-/m1/s1. The highest BCUT2D eigenvalue weighted by molar-refractivity contribution is 7.89. The maximum Gasteiger partial charge on any atom is 0.246 e. The summed E-state index contributed by atoms with van der Waals surface area (Å²) in [6, 6.07) is 11.7. The number of para-hydroxylation sites is 1. The van der Waals surface area contributed by atoms with Gasteiger partial charge in [0.05, 0.1) is 13.2 Å². The molecule has 0 saturated carbocycles. The fourth-order valence-electron chi connectivity index (χ4n) is 3.22. The lowest BCUT2D eigenvalue weighted by Crippen LogP contribution is -2.36. The van der Waals surface area contributed by atoms with Gasteiger partial charge in [0.25, 0.3) is 0 Å². The number of aliphatic hydroxyl groups excluding tert-OH is 1. The van der Waals surface area contributed by atoms with Crippen molar-refractivity contribution in [3.05, 3.63) is 59.2 Å². The molecule has 0 bridgehead atoms. The summed E-state index contributed by atoms with van der Waals surface area (Å²) >= 11 is 5.95. The molecule has 9 heteroatoms. The molecule has 0 aliphatic carbocycles. The molecule has 1 aromatic heterocycles. The van der Waals surface area contributed by atoms with Gasteiger partial charge in [-0.25, -0.2) is 8.42 Å². The van der Waals surface area contributed by atoms with Crippen LogP contribution in [0.1, 0.15) is 10.4 Å². The van der Waals surface area contributed by atoms with Crippen LogP contribution in [0.3, 0.4) is 0 Å². The van der Waals surface area contributed by atoms with Crippen LogP contribution in [-0.4, -0.2) is 55.5 Å². The van der Waals surface area contributed by atoms with Crippen LogP contribution in [0.25, 0.3) is 10.9 Å². The number of fused-ring (bicyclic) bond motifs is 1. The predicted octanol–water partition coefficient (Wildman–Crippen LogP) is 2.80. The second kappa shape index (κ2) is 8.54. The zero-order chi connectivity index (χ0) is 21.2. The van der Waals surface area contributed by atoms with Crippen LogP contribution in [0.4, 0.5) is 0 Å². The topological polar surface area (TPSA) is 88.8 Å². The number of sulfonamides is 1. The lowest BCUT2D eigenvalue weighted by Gasteiger charge is -2.22. The van der Waals surface area contributed by atoms with Gasteiger partial charge in [0.2, 0.25) is 10.0 Å². The van der Waals surface area contributed by atoms with E-state index in [4.69, 9.17) is 16.3 Å². The van der Waals surface area contributed by atoms with Crippen LogP contribution in [0, 0.1) is 0 Å². The summed E-state index contributed by atoms with van der Waals surface area (Å²) < 4.78 is 33.8. The Labute approximate surface area is 174 Å². The van der Waals surface area contributed by atoms with Crippen LogP contribution in [0.5, 0.6) is 5.75 Å². The van der Waals surface area contributed by atoms with Crippen LogP contribution in [0.15, 0.2) is 53.6 Å². The summed E-state index contributed by atoms with van der Waals surface area (Å²) in [5.41, 5.74) is 1.30. The van der Waals surface area contributed by atoms with Crippen molar-refractivity contribution < 1.29 is 23.1 Å². The van der Waals surface area contributed by atoms with Crippen LogP contribution >= 0.6 is 11.6 Å². The van der Waals surface area contributed by atoms with E-state index in [-0.39, 0.29) is 28.8 Å².